The largest absolute Gasteiger partial charge is 0.388 e. The van der Waals surface area contributed by atoms with E-state index in [-0.39, 0.29) is 36.7 Å². The first kappa shape index (κ1) is 20.9. The summed E-state index contributed by atoms with van der Waals surface area (Å²) in [6.07, 6.45) is 4.29. The minimum absolute atomic E-state index is 0.0959. The molecule has 3 N–H and O–H groups in total. The average Bonchev–Trinajstić information content (AvgIpc) is 3.38. The number of aliphatic hydroxyl groups is 1. The van der Waals surface area contributed by atoms with E-state index in [0.717, 1.165) is 17.1 Å². The summed E-state index contributed by atoms with van der Waals surface area (Å²) in [6, 6.07) is 3.94. The van der Waals surface area contributed by atoms with Gasteiger partial charge >= 0.3 is 0 Å². The van der Waals surface area contributed by atoms with Crippen molar-refractivity contribution in [1.82, 2.24) is 25.2 Å². The van der Waals surface area contributed by atoms with Gasteiger partial charge in [-0.25, -0.2) is 4.98 Å². The minimum Gasteiger partial charge on any atom is -0.388 e. The standard InChI is InChI=1S/C21H29N5O4/c1-13-4-3-5-23-15(13)10-22-11-17-20(28)21-16(30-17)8-14(29-21)9-19(27)25-12-18-24-6-7-26(18)2/h3-7,14,16-17,20-22,28H,8-12H2,1-2H3,(H,25,27). The van der Waals surface area contributed by atoms with Crippen LogP contribution >= 0.6 is 0 Å². The number of aryl methyl sites for hydroxylation is 2. The zero-order valence-corrected chi connectivity index (χ0v) is 17.3. The van der Waals surface area contributed by atoms with Gasteiger partial charge in [0.2, 0.25) is 5.91 Å². The lowest BCUT2D eigenvalue weighted by atomic mass is 10.1. The summed E-state index contributed by atoms with van der Waals surface area (Å²) in [7, 11) is 1.89. The van der Waals surface area contributed by atoms with Gasteiger partial charge in [-0.3, -0.25) is 9.78 Å². The predicted molar refractivity (Wildman–Crippen MR) is 108 cm³/mol. The van der Waals surface area contributed by atoms with E-state index in [9.17, 15) is 9.90 Å². The van der Waals surface area contributed by atoms with Crippen LogP contribution in [0.1, 0.15) is 29.9 Å². The van der Waals surface area contributed by atoms with Crippen molar-refractivity contribution in [1.29, 1.82) is 0 Å². The van der Waals surface area contributed by atoms with E-state index >= 15 is 0 Å². The van der Waals surface area contributed by atoms with Crippen LogP contribution in [-0.2, 0) is 34.4 Å². The van der Waals surface area contributed by atoms with Crippen LogP contribution in [0.3, 0.4) is 0 Å². The van der Waals surface area contributed by atoms with E-state index in [1.807, 2.05) is 36.9 Å². The van der Waals surface area contributed by atoms with Crippen molar-refractivity contribution in [2.24, 2.45) is 7.05 Å². The zero-order chi connectivity index (χ0) is 21.1. The maximum Gasteiger partial charge on any atom is 0.222 e. The Balaban J connectivity index is 1.19. The van der Waals surface area contributed by atoms with Gasteiger partial charge in [-0.05, 0) is 18.6 Å². The predicted octanol–water partition coefficient (Wildman–Crippen LogP) is 0.205. The number of hydrogen-bond donors (Lipinski definition) is 3. The molecule has 2 aromatic heterocycles. The number of nitrogens with zero attached hydrogens (tertiary/aromatic N) is 3. The number of imidazole rings is 1. The van der Waals surface area contributed by atoms with Crippen LogP contribution < -0.4 is 10.6 Å². The van der Waals surface area contributed by atoms with E-state index in [1.165, 1.54) is 0 Å². The Bertz CT molecular complexity index is 873. The molecule has 4 heterocycles. The molecule has 5 atom stereocenters. The van der Waals surface area contributed by atoms with Gasteiger partial charge in [-0.1, -0.05) is 6.07 Å². The number of fused-ring (bicyclic) bond motifs is 1. The molecule has 2 aromatic rings. The lowest BCUT2D eigenvalue weighted by molar-refractivity contribution is -0.125. The third-order valence-corrected chi connectivity index (χ3v) is 5.81. The fourth-order valence-corrected chi connectivity index (χ4v) is 4.07. The number of rotatable bonds is 8. The summed E-state index contributed by atoms with van der Waals surface area (Å²) in [5.41, 5.74) is 2.11. The maximum atomic E-state index is 12.2. The van der Waals surface area contributed by atoms with Crippen LogP contribution in [0.25, 0.3) is 0 Å². The molecule has 2 aliphatic heterocycles. The van der Waals surface area contributed by atoms with Crippen molar-refractivity contribution in [2.75, 3.05) is 6.54 Å². The number of aliphatic hydroxyl groups excluding tert-OH is 1. The molecule has 2 saturated heterocycles. The molecule has 0 saturated carbocycles. The molecular weight excluding hydrogens is 386 g/mol. The summed E-state index contributed by atoms with van der Waals surface area (Å²) in [6.45, 7) is 3.54. The van der Waals surface area contributed by atoms with Crippen LogP contribution in [0.4, 0.5) is 0 Å². The summed E-state index contributed by atoms with van der Waals surface area (Å²) in [4.78, 5) is 20.8. The van der Waals surface area contributed by atoms with E-state index in [4.69, 9.17) is 9.47 Å². The Labute approximate surface area is 175 Å². The van der Waals surface area contributed by atoms with Crippen molar-refractivity contribution in [3.05, 3.63) is 47.8 Å². The van der Waals surface area contributed by atoms with Gasteiger partial charge in [0.05, 0.1) is 37.0 Å². The first-order valence-electron chi connectivity index (χ1n) is 10.3. The molecule has 0 aromatic carbocycles. The highest BCUT2D eigenvalue weighted by atomic mass is 16.6. The first-order chi connectivity index (χ1) is 14.5. The number of pyridine rings is 1. The quantitative estimate of drug-likeness (QED) is 0.565. The molecule has 0 radical (unpaired) electrons. The summed E-state index contributed by atoms with van der Waals surface area (Å²) >= 11 is 0. The van der Waals surface area contributed by atoms with E-state index in [1.54, 1.807) is 12.4 Å². The van der Waals surface area contributed by atoms with E-state index in [2.05, 4.69) is 20.6 Å². The van der Waals surface area contributed by atoms with E-state index in [0.29, 0.717) is 26.1 Å². The molecule has 0 aliphatic carbocycles. The number of hydrogen-bond acceptors (Lipinski definition) is 7. The number of aromatic nitrogens is 3. The van der Waals surface area contributed by atoms with Gasteiger partial charge in [0, 0.05) is 45.1 Å². The second-order valence-electron chi connectivity index (χ2n) is 8.00. The number of ether oxygens (including phenoxy) is 2. The molecule has 1 amide bonds. The lowest BCUT2D eigenvalue weighted by Gasteiger charge is -2.20. The molecule has 162 valence electrons. The Morgan fingerprint density at radius 3 is 2.90 bits per heavy atom. The number of amides is 1. The van der Waals surface area contributed by atoms with Gasteiger partial charge in [0.25, 0.3) is 0 Å². The maximum absolute atomic E-state index is 12.2. The van der Waals surface area contributed by atoms with Crippen LogP contribution in [0.2, 0.25) is 0 Å². The summed E-state index contributed by atoms with van der Waals surface area (Å²) in [5, 5.41) is 16.8. The molecule has 5 unspecified atom stereocenters. The Morgan fingerprint density at radius 2 is 2.17 bits per heavy atom. The summed E-state index contributed by atoms with van der Waals surface area (Å²) in [5.74, 6) is 0.698. The van der Waals surface area contributed by atoms with Crippen LogP contribution in [0.5, 0.6) is 0 Å². The lowest BCUT2D eigenvalue weighted by Crippen LogP contribution is -2.39. The highest BCUT2D eigenvalue weighted by Gasteiger charge is 2.50. The average molecular weight is 415 g/mol. The fraction of sp³-hybridized carbons (Fsp3) is 0.571. The molecule has 9 heteroatoms. The molecule has 30 heavy (non-hydrogen) atoms. The number of carbonyl (C=O) groups is 1. The second kappa shape index (κ2) is 9.22. The number of nitrogens with one attached hydrogen (secondary N) is 2. The molecule has 2 fully saturated rings. The van der Waals surface area contributed by atoms with Crippen molar-refractivity contribution in [3.63, 3.8) is 0 Å². The third-order valence-electron chi connectivity index (χ3n) is 5.81. The normalized spacial score (nSPS) is 27.9. The van der Waals surface area contributed by atoms with Gasteiger partial charge in [0.15, 0.2) is 0 Å². The van der Waals surface area contributed by atoms with Crippen molar-refractivity contribution in [2.45, 2.75) is 63.4 Å². The molecule has 2 aliphatic rings. The van der Waals surface area contributed by atoms with Crippen LogP contribution in [-0.4, -0.2) is 62.6 Å². The van der Waals surface area contributed by atoms with Crippen LogP contribution in [0, 0.1) is 6.92 Å². The van der Waals surface area contributed by atoms with Crippen molar-refractivity contribution < 1.29 is 19.4 Å². The second-order valence-corrected chi connectivity index (χ2v) is 8.00. The highest BCUT2D eigenvalue weighted by Crippen LogP contribution is 2.35. The Kier molecular flexibility index (Phi) is 6.43. The minimum atomic E-state index is -0.715. The van der Waals surface area contributed by atoms with E-state index < -0.39 is 6.10 Å². The highest BCUT2D eigenvalue weighted by molar-refractivity contribution is 5.76. The molecular formula is C21H29N5O4. The zero-order valence-electron chi connectivity index (χ0n) is 17.3. The molecule has 0 bridgehead atoms. The smallest absolute Gasteiger partial charge is 0.222 e. The van der Waals surface area contributed by atoms with Crippen LogP contribution in [0.15, 0.2) is 30.7 Å². The molecule has 0 spiro atoms. The topological polar surface area (TPSA) is 111 Å². The van der Waals surface area contributed by atoms with Crippen molar-refractivity contribution >= 4 is 5.91 Å². The summed E-state index contributed by atoms with van der Waals surface area (Å²) < 4.78 is 13.8. The van der Waals surface area contributed by atoms with Gasteiger partial charge in [-0.2, -0.15) is 0 Å². The Hall–Kier alpha value is -2.33. The van der Waals surface area contributed by atoms with Gasteiger partial charge in [-0.15, -0.1) is 0 Å². The van der Waals surface area contributed by atoms with Crippen molar-refractivity contribution in [3.8, 4) is 0 Å². The SMILES string of the molecule is Cc1cccnc1CNCC1OC2CC(CC(=O)NCc3nccn3C)OC2C1O. The van der Waals surface area contributed by atoms with Gasteiger partial charge < -0.3 is 29.8 Å². The Morgan fingerprint density at radius 1 is 1.30 bits per heavy atom. The third kappa shape index (κ3) is 4.70. The fourth-order valence-electron chi connectivity index (χ4n) is 4.07. The number of carbonyl (C=O) groups excluding carboxylic acids is 1. The monoisotopic (exact) mass is 415 g/mol. The van der Waals surface area contributed by atoms with Gasteiger partial charge in [0.1, 0.15) is 18.0 Å². The first-order valence-corrected chi connectivity index (χ1v) is 10.3. The molecule has 9 nitrogen and oxygen atoms in total. The molecule has 4 rings (SSSR count).